The van der Waals surface area contributed by atoms with E-state index in [1.807, 2.05) is 0 Å². The van der Waals surface area contributed by atoms with Crippen LogP contribution in [0.5, 0.6) is 11.5 Å². The van der Waals surface area contributed by atoms with Crippen LogP contribution in [-0.2, 0) is 6.42 Å². The molecule has 3 nitrogen and oxygen atoms in total. The average Bonchev–Trinajstić information content (AvgIpc) is 2.81. The quantitative estimate of drug-likeness (QED) is 0.585. The molecule has 1 atom stereocenters. The molecule has 0 bridgehead atoms. The van der Waals surface area contributed by atoms with E-state index < -0.39 is 0 Å². The molecule has 1 aromatic carbocycles. The van der Waals surface area contributed by atoms with Crippen LogP contribution in [0, 0.1) is 5.92 Å². The van der Waals surface area contributed by atoms with Crippen LogP contribution < -0.4 is 9.47 Å². The largest absolute Gasteiger partial charge is 0.483 e. The molecule has 5 heteroatoms. The van der Waals surface area contributed by atoms with Gasteiger partial charge in [-0.05, 0) is 51.2 Å². The Bertz CT molecular complexity index is 585. The van der Waals surface area contributed by atoms with Gasteiger partial charge in [0.05, 0.1) is 0 Å². The van der Waals surface area contributed by atoms with Gasteiger partial charge in [0, 0.05) is 29.5 Å². The number of hydrogen-bond donors (Lipinski definition) is 0. The molecule has 3 rings (SSSR count). The van der Waals surface area contributed by atoms with E-state index in [9.17, 15) is 0 Å². The maximum absolute atomic E-state index is 6.52. The van der Waals surface area contributed by atoms with E-state index in [1.165, 1.54) is 18.4 Å². The molecule has 2 heterocycles. The van der Waals surface area contributed by atoms with Gasteiger partial charge in [-0.3, -0.25) is 4.90 Å². The Kier molecular flexibility index (Phi) is 7.09. The fourth-order valence-electron chi connectivity index (χ4n) is 3.75. The van der Waals surface area contributed by atoms with E-state index in [2.05, 4.69) is 60.7 Å². The molecular weight excluding hydrogens is 402 g/mol. The Balaban J connectivity index is 0.00000225. The van der Waals surface area contributed by atoms with E-state index in [0.29, 0.717) is 0 Å². The smallest absolute Gasteiger partial charge is 0.165 e. The Morgan fingerprint density at radius 3 is 2.64 bits per heavy atom. The minimum Gasteiger partial charge on any atom is -0.483 e. The van der Waals surface area contributed by atoms with Crippen molar-refractivity contribution in [2.45, 2.75) is 71.6 Å². The average molecular weight is 433 g/mol. The van der Waals surface area contributed by atoms with Gasteiger partial charge >= 0.3 is 0 Å². The minimum absolute atomic E-state index is 0. The Labute approximate surface area is 167 Å². The van der Waals surface area contributed by atoms with Crippen molar-refractivity contribution in [3.05, 3.63) is 22.2 Å². The minimum atomic E-state index is -0.151. The third-order valence-electron chi connectivity index (χ3n) is 5.12. The summed E-state index contributed by atoms with van der Waals surface area (Å²) in [5.41, 5.74) is 1.09. The first kappa shape index (κ1) is 20.9. The van der Waals surface area contributed by atoms with Gasteiger partial charge in [0.25, 0.3) is 0 Å². The standard InChI is InChI=1S/C20H30BrNO2.ClH/c1-5-6-18(22-9-7-14(2)8-10-22)23-17-12-16(21)11-15-13-20(3,4)24-19(15)17;/h11-12,14,18H,5-10,13H2,1-4H3;1H. The third-order valence-corrected chi connectivity index (χ3v) is 5.57. The summed E-state index contributed by atoms with van der Waals surface area (Å²) in [5.74, 6) is 2.67. The highest BCUT2D eigenvalue weighted by Crippen LogP contribution is 2.44. The molecule has 0 aliphatic carbocycles. The van der Waals surface area contributed by atoms with Crippen molar-refractivity contribution in [1.29, 1.82) is 0 Å². The summed E-state index contributed by atoms with van der Waals surface area (Å²) in [6.45, 7) is 11.1. The number of likely N-dealkylation sites (tertiary alicyclic amines) is 1. The molecule has 1 aromatic rings. The fourth-order valence-corrected chi connectivity index (χ4v) is 4.24. The van der Waals surface area contributed by atoms with Crippen molar-refractivity contribution in [2.75, 3.05) is 13.1 Å². The summed E-state index contributed by atoms with van der Waals surface area (Å²) in [6.07, 6.45) is 5.79. The van der Waals surface area contributed by atoms with Crippen molar-refractivity contribution >= 4 is 28.3 Å². The molecular formula is C20H31BrClNO2. The Morgan fingerprint density at radius 1 is 1.32 bits per heavy atom. The summed E-state index contributed by atoms with van der Waals surface area (Å²) < 4.78 is 13.8. The van der Waals surface area contributed by atoms with Crippen LogP contribution in [0.2, 0.25) is 0 Å². The lowest BCUT2D eigenvalue weighted by molar-refractivity contribution is -0.00510. The van der Waals surface area contributed by atoms with Crippen LogP contribution in [0.15, 0.2) is 16.6 Å². The zero-order valence-electron chi connectivity index (χ0n) is 15.8. The highest BCUT2D eigenvalue weighted by Gasteiger charge is 2.34. The molecule has 1 unspecified atom stereocenters. The number of halogens is 2. The molecule has 1 saturated heterocycles. The molecule has 0 radical (unpaired) electrons. The van der Waals surface area contributed by atoms with E-state index in [-0.39, 0.29) is 24.2 Å². The number of fused-ring (bicyclic) bond motifs is 1. The number of nitrogens with zero attached hydrogens (tertiary/aromatic N) is 1. The maximum Gasteiger partial charge on any atom is 0.165 e. The topological polar surface area (TPSA) is 21.7 Å². The van der Waals surface area contributed by atoms with Crippen molar-refractivity contribution in [3.63, 3.8) is 0 Å². The summed E-state index contributed by atoms with van der Waals surface area (Å²) >= 11 is 3.64. The predicted molar refractivity (Wildman–Crippen MR) is 109 cm³/mol. The second kappa shape index (κ2) is 8.49. The van der Waals surface area contributed by atoms with Crippen molar-refractivity contribution in [1.82, 2.24) is 4.90 Å². The molecule has 142 valence electrons. The lowest BCUT2D eigenvalue weighted by Gasteiger charge is -2.36. The van der Waals surface area contributed by atoms with E-state index >= 15 is 0 Å². The second-order valence-corrected chi connectivity index (χ2v) is 8.93. The van der Waals surface area contributed by atoms with Gasteiger partial charge in [0.1, 0.15) is 5.60 Å². The Morgan fingerprint density at radius 2 is 2.00 bits per heavy atom. The summed E-state index contributed by atoms with van der Waals surface area (Å²) in [5, 5.41) is 0. The first-order valence-electron chi connectivity index (χ1n) is 9.30. The molecule has 1 fully saturated rings. The van der Waals surface area contributed by atoms with Crippen LogP contribution in [0.3, 0.4) is 0 Å². The van der Waals surface area contributed by atoms with Gasteiger partial charge in [-0.25, -0.2) is 0 Å². The van der Waals surface area contributed by atoms with Gasteiger partial charge in [-0.2, -0.15) is 0 Å². The molecule has 0 spiro atoms. The maximum atomic E-state index is 6.52. The van der Waals surface area contributed by atoms with E-state index in [1.54, 1.807) is 0 Å². The van der Waals surface area contributed by atoms with Crippen molar-refractivity contribution < 1.29 is 9.47 Å². The van der Waals surface area contributed by atoms with Crippen LogP contribution >= 0.6 is 28.3 Å². The Hall–Kier alpha value is -0.450. The van der Waals surface area contributed by atoms with Crippen LogP contribution in [0.1, 0.15) is 58.9 Å². The van der Waals surface area contributed by atoms with Crippen molar-refractivity contribution in [3.8, 4) is 11.5 Å². The van der Waals surface area contributed by atoms with Gasteiger partial charge < -0.3 is 9.47 Å². The zero-order chi connectivity index (χ0) is 17.3. The highest BCUT2D eigenvalue weighted by molar-refractivity contribution is 9.10. The van der Waals surface area contributed by atoms with Crippen LogP contribution in [-0.4, -0.2) is 29.8 Å². The zero-order valence-corrected chi connectivity index (χ0v) is 18.2. The number of benzene rings is 1. The van der Waals surface area contributed by atoms with Gasteiger partial charge in [0.2, 0.25) is 0 Å². The van der Waals surface area contributed by atoms with Crippen molar-refractivity contribution in [2.24, 2.45) is 5.92 Å². The first-order chi connectivity index (χ1) is 11.4. The third kappa shape index (κ3) is 5.05. The number of rotatable bonds is 5. The highest BCUT2D eigenvalue weighted by atomic mass is 79.9. The summed E-state index contributed by atoms with van der Waals surface area (Å²) in [7, 11) is 0. The van der Waals surface area contributed by atoms with Gasteiger partial charge in [0.15, 0.2) is 17.7 Å². The monoisotopic (exact) mass is 431 g/mol. The molecule has 0 aromatic heterocycles. The van der Waals surface area contributed by atoms with Gasteiger partial charge in [-0.1, -0.05) is 36.2 Å². The molecule has 25 heavy (non-hydrogen) atoms. The second-order valence-electron chi connectivity index (χ2n) is 8.01. The summed E-state index contributed by atoms with van der Waals surface area (Å²) in [6, 6.07) is 4.23. The number of hydrogen-bond acceptors (Lipinski definition) is 3. The molecule has 0 amide bonds. The molecule has 2 aliphatic rings. The van der Waals surface area contributed by atoms with E-state index in [0.717, 1.165) is 54.2 Å². The van der Waals surface area contributed by atoms with E-state index in [4.69, 9.17) is 9.47 Å². The lowest BCUT2D eigenvalue weighted by Crippen LogP contribution is -2.44. The number of piperidine rings is 1. The molecule has 0 N–H and O–H groups in total. The fraction of sp³-hybridized carbons (Fsp3) is 0.700. The van der Waals surface area contributed by atoms with Crippen LogP contribution in [0.4, 0.5) is 0 Å². The van der Waals surface area contributed by atoms with Crippen LogP contribution in [0.25, 0.3) is 0 Å². The van der Waals surface area contributed by atoms with Gasteiger partial charge in [-0.15, -0.1) is 12.4 Å². The molecule has 0 saturated carbocycles. The first-order valence-corrected chi connectivity index (χ1v) is 10.1. The lowest BCUT2D eigenvalue weighted by atomic mass is 9.99. The normalized spacial score (nSPS) is 21.2. The SMILES string of the molecule is CCCC(Oc1cc(Br)cc2c1OC(C)(C)C2)N1CCC(C)CC1.Cl. The number of ether oxygens (including phenoxy) is 2. The summed E-state index contributed by atoms with van der Waals surface area (Å²) in [4.78, 5) is 2.51. The molecule has 2 aliphatic heterocycles. The predicted octanol–water partition coefficient (Wildman–Crippen LogP) is 5.82.